The van der Waals surface area contributed by atoms with Crippen molar-refractivity contribution in [2.45, 2.75) is 25.9 Å². The molecule has 7 heavy (non-hydrogen) atoms. The van der Waals surface area contributed by atoms with E-state index in [0.29, 0.717) is 0 Å². The van der Waals surface area contributed by atoms with Gasteiger partial charge in [-0.2, -0.15) is 0 Å². The average Bonchev–Trinajstić information content (AvgIpc) is 1.72. The van der Waals surface area contributed by atoms with Crippen molar-refractivity contribution in [2.75, 3.05) is 0 Å². The average molecular weight is 130 g/mol. The van der Waals surface area contributed by atoms with Gasteiger partial charge in [0.15, 0.2) is 9.04 Å². The molecule has 4 radical (unpaired) electrons. The van der Waals surface area contributed by atoms with Gasteiger partial charge in [0.1, 0.15) is 0 Å². The van der Waals surface area contributed by atoms with Crippen LogP contribution in [-0.4, -0.2) is 19.5 Å². The van der Waals surface area contributed by atoms with Gasteiger partial charge in [0, 0.05) is 0 Å². The van der Waals surface area contributed by atoms with Gasteiger partial charge in [0.2, 0.25) is 10.5 Å². The molecule has 0 atom stereocenters. The van der Waals surface area contributed by atoms with Crippen molar-refractivity contribution in [3.8, 4) is 0 Å². The van der Waals surface area contributed by atoms with Gasteiger partial charge in [-0.3, -0.25) is 0 Å². The van der Waals surface area contributed by atoms with Crippen LogP contribution in [0.1, 0.15) is 13.8 Å². The fourth-order valence-corrected chi connectivity index (χ4v) is 2.05. The lowest BCUT2D eigenvalue weighted by atomic mass is 11.0. The van der Waals surface area contributed by atoms with E-state index in [4.69, 9.17) is 4.12 Å². The molecule has 0 aromatic carbocycles. The summed E-state index contributed by atoms with van der Waals surface area (Å²) in [4.78, 5) is 0. The molecule has 0 saturated heterocycles. The highest BCUT2D eigenvalue weighted by molar-refractivity contribution is 6.55. The van der Waals surface area contributed by atoms with Crippen molar-refractivity contribution in [1.29, 1.82) is 0 Å². The van der Waals surface area contributed by atoms with E-state index >= 15 is 0 Å². The molecule has 0 N–H and O–H groups in total. The second-order valence-electron chi connectivity index (χ2n) is 1.35. The maximum Gasteiger partial charge on any atom is 0.229 e. The molecule has 0 heterocycles. The Labute approximate surface area is 50.3 Å². The molecule has 0 rings (SSSR count). The van der Waals surface area contributed by atoms with Crippen LogP contribution in [0.15, 0.2) is 0 Å². The molecule has 0 aliphatic carbocycles. The van der Waals surface area contributed by atoms with Crippen LogP contribution in [0.5, 0.6) is 0 Å². The van der Waals surface area contributed by atoms with Crippen molar-refractivity contribution in [3.05, 3.63) is 0 Å². The van der Waals surface area contributed by atoms with E-state index in [1.54, 1.807) is 0 Å². The van der Waals surface area contributed by atoms with E-state index in [-0.39, 0.29) is 0 Å². The molecular formula is C4H10OSi2. The second kappa shape index (κ2) is 4.55. The van der Waals surface area contributed by atoms with Gasteiger partial charge in [-0.15, -0.1) is 0 Å². The standard InChI is InChI=1S/C4H10OSi2/c1-3-7(4-2)5-6/h3-4H2,1-2H3. The Balaban J connectivity index is 2.99. The predicted octanol–water partition coefficient (Wildman–Crippen LogP) is 1.12. The van der Waals surface area contributed by atoms with Gasteiger partial charge < -0.3 is 4.12 Å². The quantitative estimate of drug-likeness (QED) is 0.520. The van der Waals surface area contributed by atoms with Crippen LogP contribution >= 0.6 is 0 Å². The lowest BCUT2D eigenvalue weighted by molar-refractivity contribution is 0.629. The highest BCUT2D eigenvalue weighted by Gasteiger charge is 2.01. The Kier molecular flexibility index (Phi) is 4.81. The summed E-state index contributed by atoms with van der Waals surface area (Å²) in [6, 6.07) is 2.37. The van der Waals surface area contributed by atoms with Crippen LogP contribution in [0.2, 0.25) is 12.1 Å². The third-order valence-electron chi connectivity index (χ3n) is 0.933. The van der Waals surface area contributed by atoms with Crippen molar-refractivity contribution in [1.82, 2.24) is 0 Å². The van der Waals surface area contributed by atoms with Crippen LogP contribution in [0, 0.1) is 0 Å². The summed E-state index contributed by atoms with van der Waals surface area (Å²) in [5, 5.41) is 0. The first-order valence-electron chi connectivity index (χ1n) is 2.53. The third kappa shape index (κ3) is 3.02. The second-order valence-corrected chi connectivity index (χ2v) is 4.66. The zero-order valence-corrected chi connectivity index (χ0v) is 6.82. The van der Waals surface area contributed by atoms with Crippen LogP contribution < -0.4 is 0 Å². The summed E-state index contributed by atoms with van der Waals surface area (Å²) < 4.78 is 4.96. The summed E-state index contributed by atoms with van der Waals surface area (Å²) in [5.41, 5.74) is 0. The molecule has 0 bridgehead atoms. The fraction of sp³-hybridized carbons (Fsp3) is 1.00. The molecule has 0 amide bonds. The molecule has 3 heteroatoms. The molecule has 0 aromatic rings. The molecule has 1 nitrogen and oxygen atoms in total. The minimum Gasteiger partial charge on any atom is -0.457 e. The van der Waals surface area contributed by atoms with Crippen molar-refractivity contribution >= 4 is 19.5 Å². The van der Waals surface area contributed by atoms with Crippen LogP contribution in [0.3, 0.4) is 0 Å². The van der Waals surface area contributed by atoms with Gasteiger partial charge in [-0.1, -0.05) is 13.8 Å². The lowest BCUT2D eigenvalue weighted by Gasteiger charge is -2.03. The van der Waals surface area contributed by atoms with Crippen LogP contribution in [0.25, 0.3) is 0 Å². The Morgan fingerprint density at radius 1 is 1.43 bits per heavy atom. The summed E-state index contributed by atoms with van der Waals surface area (Å²) in [6.07, 6.45) is 0. The monoisotopic (exact) mass is 130 g/mol. The van der Waals surface area contributed by atoms with Gasteiger partial charge in [-0.05, 0) is 12.1 Å². The normalized spacial score (nSPS) is 10.3. The molecule has 0 unspecified atom stereocenters. The molecule has 0 aliphatic rings. The van der Waals surface area contributed by atoms with Crippen LogP contribution in [-0.2, 0) is 4.12 Å². The van der Waals surface area contributed by atoms with Crippen LogP contribution in [0.4, 0.5) is 0 Å². The Hall–Kier alpha value is 0.394. The summed E-state index contributed by atoms with van der Waals surface area (Å²) in [7, 11) is 2.58. The Morgan fingerprint density at radius 3 is 1.86 bits per heavy atom. The molecular weight excluding hydrogens is 120 g/mol. The lowest BCUT2D eigenvalue weighted by Crippen LogP contribution is -2.12. The van der Waals surface area contributed by atoms with Crippen molar-refractivity contribution in [2.24, 2.45) is 0 Å². The first kappa shape index (κ1) is 7.39. The minimum atomic E-state index is -0.449. The molecule has 0 fully saturated rings. The number of hydrogen-bond donors (Lipinski definition) is 0. The highest BCUT2D eigenvalue weighted by atomic mass is 28.3. The molecule has 0 aromatic heterocycles. The van der Waals surface area contributed by atoms with E-state index in [0.717, 1.165) is 0 Å². The first-order valence-corrected chi connectivity index (χ1v) is 4.76. The summed E-state index contributed by atoms with van der Waals surface area (Å²) in [5.74, 6) is 0. The Bertz CT molecular complexity index is 31.2. The smallest absolute Gasteiger partial charge is 0.229 e. The van der Waals surface area contributed by atoms with Gasteiger partial charge in [0.05, 0.1) is 0 Å². The molecule has 40 valence electrons. The Morgan fingerprint density at radius 2 is 1.86 bits per heavy atom. The SMILES string of the molecule is CC[Si](CC)O[Si]. The predicted molar refractivity (Wildman–Crippen MR) is 33.6 cm³/mol. The maximum absolute atomic E-state index is 4.96. The van der Waals surface area contributed by atoms with E-state index < -0.39 is 9.04 Å². The maximum atomic E-state index is 4.96. The van der Waals surface area contributed by atoms with E-state index in [1.807, 2.05) is 0 Å². The third-order valence-corrected chi connectivity index (χ3v) is 3.67. The zero-order valence-electron chi connectivity index (χ0n) is 4.82. The molecule has 0 aliphatic heterocycles. The topological polar surface area (TPSA) is 9.23 Å². The van der Waals surface area contributed by atoms with Crippen molar-refractivity contribution < 1.29 is 4.12 Å². The largest absolute Gasteiger partial charge is 0.457 e. The van der Waals surface area contributed by atoms with Crippen molar-refractivity contribution in [3.63, 3.8) is 0 Å². The highest BCUT2D eigenvalue weighted by Crippen LogP contribution is 1.95. The molecule has 0 spiro atoms. The van der Waals surface area contributed by atoms with E-state index in [1.165, 1.54) is 12.1 Å². The molecule has 0 saturated carbocycles. The van der Waals surface area contributed by atoms with Gasteiger partial charge in [-0.25, -0.2) is 0 Å². The van der Waals surface area contributed by atoms with Gasteiger partial charge >= 0.3 is 0 Å². The number of rotatable bonds is 3. The fourth-order valence-electron chi connectivity index (χ4n) is 0.394. The summed E-state index contributed by atoms with van der Waals surface area (Å²) >= 11 is 0. The van der Waals surface area contributed by atoms with E-state index in [2.05, 4.69) is 24.3 Å². The number of hydrogen-bond acceptors (Lipinski definition) is 1. The summed E-state index contributed by atoms with van der Waals surface area (Å²) in [6.45, 7) is 4.30. The first-order chi connectivity index (χ1) is 3.35. The zero-order chi connectivity index (χ0) is 5.70. The van der Waals surface area contributed by atoms with E-state index in [9.17, 15) is 0 Å². The minimum absolute atomic E-state index is 0.449. The van der Waals surface area contributed by atoms with Gasteiger partial charge in [0.25, 0.3) is 0 Å².